The molecule has 0 aromatic heterocycles. The van der Waals surface area contributed by atoms with Gasteiger partial charge in [0.1, 0.15) is 23.9 Å². The summed E-state index contributed by atoms with van der Waals surface area (Å²) >= 11 is 0. The lowest BCUT2D eigenvalue weighted by atomic mass is 9.96. The average molecular weight is 539 g/mol. The first-order valence-electron chi connectivity index (χ1n) is 13.3. The van der Waals surface area contributed by atoms with E-state index in [9.17, 15) is 29.4 Å². The number of amides is 3. The summed E-state index contributed by atoms with van der Waals surface area (Å²) in [4.78, 5) is 53.1. The summed E-state index contributed by atoms with van der Waals surface area (Å²) in [5.74, 6) is -2.84. The molecular weight excluding hydrogens is 500 g/mol. The summed E-state index contributed by atoms with van der Waals surface area (Å²) in [6.07, 6.45) is 1.99. The van der Waals surface area contributed by atoms with Crippen molar-refractivity contribution in [3.05, 3.63) is 65.7 Å². The Labute approximate surface area is 228 Å². The second-order valence-electron chi connectivity index (χ2n) is 10.1. The highest BCUT2D eigenvalue weighted by Crippen LogP contribution is 2.20. The lowest BCUT2D eigenvalue weighted by Crippen LogP contribution is -2.58. The zero-order valence-corrected chi connectivity index (χ0v) is 22.4. The van der Waals surface area contributed by atoms with Gasteiger partial charge in [0, 0.05) is 13.0 Å². The molecule has 10 heteroatoms. The third-order valence-electron chi connectivity index (χ3n) is 7.24. The van der Waals surface area contributed by atoms with Gasteiger partial charge >= 0.3 is 5.97 Å². The minimum atomic E-state index is -1.23. The van der Waals surface area contributed by atoms with E-state index >= 15 is 0 Å². The van der Waals surface area contributed by atoms with Crippen molar-refractivity contribution in [3.63, 3.8) is 0 Å². The molecule has 0 saturated carbocycles. The first kappa shape index (κ1) is 29.6. The number of hydrogen-bond acceptors (Lipinski definition) is 6. The molecule has 210 valence electrons. The Morgan fingerprint density at radius 3 is 2.26 bits per heavy atom. The van der Waals surface area contributed by atoms with Gasteiger partial charge in [-0.2, -0.15) is 0 Å². The van der Waals surface area contributed by atoms with Gasteiger partial charge < -0.3 is 31.5 Å². The van der Waals surface area contributed by atoms with Gasteiger partial charge in [-0.15, -0.1) is 0 Å². The molecular formula is C29H38N4O6. The Morgan fingerprint density at radius 1 is 1.00 bits per heavy atom. The number of nitrogens with one attached hydrogen (secondary N) is 2. The number of aromatic hydroxyl groups is 1. The molecule has 6 N–H and O–H groups in total. The van der Waals surface area contributed by atoms with Crippen LogP contribution in [0.25, 0.3) is 0 Å². The summed E-state index contributed by atoms with van der Waals surface area (Å²) in [7, 11) is 0. The van der Waals surface area contributed by atoms with Crippen LogP contribution in [0.3, 0.4) is 0 Å². The number of carboxylic acid groups (broad SMARTS) is 1. The molecule has 1 fully saturated rings. The number of likely N-dealkylation sites (tertiary alicyclic amines) is 1. The predicted molar refractivity (Wildman–Crippen MR) is 146 cm³/mol. The molecule has 0 bridgehead atoms. The molecule has 10 nitrogen and oxygen atoms in total. The quantitative estimate of drug-likeness (QED) is 0.274. The van der Waals surface area contributed by atoms with Crippen LogP contribution in [0.1, 0.15) is 44.2 Å². The van der Waals surface area contributed by atoms with E-state index < -0.39 is 42.0 Å². The van der Waals surface area contributed by atoms with Gasteiger partial charge in [0.15, 0.2) is 0 Å². The van der Waals surface area contributed by atoms with E-state index in [1.807, 2.05) is 37.3 Å². The van der Waals surface area contributed by atoms with Gasteiger partial charge in [-0.3, -0.25) is 14.4 Å². The van der Waals surface area contributed by atoms with E-state index in [1.54, 1.807) is 19.1 Å². The highest BCUT2D eigenvalue weighted by Gasteiger charge is 2.38. The standard InChI is InChI=1S/C29H38N4O6/c1-3-18(2)25(27(36)31-23(29(38)39)17-20-11-13-21(34)14-12-20)32-26(35)24-10-7-15-33(24)28(37)22(30)16-19-8-5-4-6-9-19/h4-6,8-9,11-14,18,22-25,34H,3,7,10,15-17,30H2,1-2H3,(H,31,36)(H,32,35)(H,38,39). The van der Waals surface area contributed by atoms with E-state index in [0.717, 1.165) is 5.56 Å². The second kappa shape index (κ2) is 13.7. The van der Waals surface area contributed by atoms with Crippen molar-refractivity contribution in [2.45, 2.75) is 70.1 Å². The van der Waals surface area contributed by atoms with Crippen LogP contribution in [0.15, 0.2) is 54.6 Å². The number of aliphatic carboxylic acids is 1. The minimum Gasteiger partial charge on any atom is -0.508 e. The minimum absolute atomic E-state index is 0.00668. The van der Waals surface area contributed by atoms with Gasteiger partial charge in [0.05, 0.1) is 6.04 Å². The van der Waals surface area contributed by atoms with E-state index in [4.69, 9.17) is 5.73 Å². The molecule has 0 aliphatic carbocycles. The Morgan fingerprint density at radius 2 is 1.64 bits per heavy atom. The fourth-order valence-electron chi connectivity index (χ4n) is 4.75. The molecule has 39 heavy (non-hydrogen) atoms. The highest BCUT2D eigenvalue weighted by molar-refractivity contribution is 5.94. The number of carbonyl (C=O) groups is 4. The lowest BCUT2D eigenvalue weighted by Gasteiger charge is -2.30. The van der Waals surface area contributed by atoms with Crippen molar-refractivity contribution in [2.75, 3.05) is 6.54 Å². The van der Waals surface area contributed by atoms with Crippen molar-refractivity contribution in [3.8, 4) is 5.75 Å². The number of carbonyl (C=O) groups excluding carboxylic acids is 3. The van der Waals surface area contributed by atoms with Crippen molar-refractivity contribution >= 4 is 23.7 Å². The fraction of sp³-hybridized carbons (Fsp3) is 0.448. The van der Waals surface area contributed by atoms with E-state index in [2.05, 4.69) is 10.6 Å². The van der Waals surface area contributed by atoms with Crippen LogP contribution < -0.4 is 16.4 Å². The zero-order valence-electron chi connectivity index (χ0n) is 22.4. The largest absolute Gasteiger partial charge is 0.508 e. The molecule has 3 rings (SSSR count). The summed E-state index contributed by atoms with van der Waals surface area (Å²) in [5.41, 5.74) is 7.75. The molecule has 3 amide bonds. The Bertz CT molecular complexity index is 1140. The molecule has 5 atom stereocenters. The van der Waals surface area contributed by atoms with E-state index in [1.165, 1.54) is 17.0 Å². The van der Waals surface area contributed by atoms with Crippen molar-refractivity contribution in [2.24, 2.45) is 11.7 Å². The maximum Gasteiger partial charge on any atom is 0.326 e. The van der Waals surface area contributed by atoms with Gasteiger partial charge in [-0.05, 0) is 48.4 Å². The van der Waals surface area contributed by atoms with Gasteiger partial charge in [-0.1, -0.05) is 62.7 Å². The number of phenolic OH excluding ortho intramolecular Hbond substituents is 1. The zero-order chi connectivity index (χ0) is 28.5. The molecule has 2 aromatic carbocycles. The average Bonchev–Trinajstić information content (AvgIpc) is 3.42. The number of rotatable bonds is 12. The molecule has 1 heterocycles. The number of nitrogens with two attached hydrogens (primary N) is 1. The maximum atomic E-state index is 13.4. The summed E-state index contributed by atoms with van der Waals surface area (Å²) in [5, 5.41) is 24.5. The van der Waals surface area contributed by atoms with Crippen molar-refractivity contribution < 1.29 is 29.4 Å². The third-order valence-corrected chi connectivity index (χ3v) is 7.24. The molecule has 1 aliphatic rings. The van der Waals surface area contributed by atoms with Crippen LogP contribution in [-0.4, -0.2) is 69.5 Å². The van der Waals surface area contributed by atoms with Crippen molar-refractivity contribution in [1.29, 1.82) is 0 Å². The van der Waals surface area contributed by atoms with Crippen LogP contribution in [0.5, 0.6) is 5.75 Å². The SMILES string of the molecule is CCC(C)C(NC(=O)C1CCCN1C(=O)C(N)Cc1ccccc1)C(=O)NC(Cc1ccc(O)cc1)C(=O)O. The monoisotopic (exact) mass is 538 g/mol. The van der Waals surface area contributed by atoms with Crippen LogP contribution in [0, 0.1) is 5.92 Å². The Hall–Kier alpha value is -3.92. The predicted octanol–water partition coefficient (Wildman–Crippen LogP) is 1.60. The normalized spacial score (nSPS) is 18.0. The molecule has 1 saturated heterocycles. The topological polar surface area (TPSA) is 162 Å². The third kappa shape index (κ3) is 8.03. The van der Waals surface area contributed by atoms with Gasteiger partial charge in [0.25, 0.3) is 0 Å². The molecule has 0 spiro atoms. The van der Waals surface area contributed by atoms with Crippen LogP contribution in [-0.2, 0) is 32.0 Å². The lowest BCUT2D eigenvalue weighted by molar-refractivity contribution is -0.143. The Kier molecular flexibility index (Phi) is 10.4. The van der Waals surface area contributed by atoms with Crippen LogP contribution in [0.4, 0.5) is 0 Å². The summed E-state index contributed by atoms with van der Waals surface area (Å²) in [6, 6.07) is 11.7. The molecule has 5 unspecified atom stereocenters. The first-order chi connectivity index (χ1) is 18.6. The van der Waals surface area contributed by atoms with Crippen LogP contribution >= 0.6 is 0 Å². The van der Waals surface area contributed by atoms with Crippen LogP contribution in [0.2, 0.25) is 0 Å². The number of nitrogens with zero attached hydrogens (tertiary/aromatic N) is 1. The highest BCUT2D eigenvalue weighted by atomic mass is 16.4. The number of hydrogen-bond donors (Lipinski definition) is 5. The molecule has 1 aliphatic heterocycles. The van der Waals surface area contributed by atoms with E-state index in [-0.39, 0.29) is 24.0 Å². The summed E-state index contributed by atoms with van der Waals surface area (Å²) in [6.45, 7) is 4.07. The first-order valence-corrected chi connectivity index (χ1v) is 13.3. The van der Waals surface area contributed by atoms with Crippen molar-refractivity contribution in [1.82, 2.24) is 15.5 Å². The number of benzene rings is 2. The number of phenols is 1. The Balaban J connectivity index is 1.68. The summed E-state index contributed by atoms with van der Waals surface area (Å²) < 4.78 is 0. The number of carboxylic acids is 1. The fourth-order valence-corrected chi connectivity index (χ4v) is 4.75. The second-order valence-corrected chi connectivity index (χ2v) is 10.1. The molecule has 0 radical (unpaired) electrons. The smallest absolute Gasteiger partial charge is 0.326 e. The maximum absolute atomic E-state index is 13.4. The van der Waals surface area contributed by atoms with Gasteiger partial charge in [0.2, 0.25) is 17.7 Å². The van der Waals surface area contributed by atoms with Gasteiger partial charge in [-0.25, -0.2) is 4.79 Å². The molecule has 2 aromatic rings. The van der Waals surface area contributed by atoms with E-state index in [0.29, 0.717) is 37.8 Å².